The quantitative estimate of drug-likeness (QED) is 0.835. The van der Waals surface area contributed by atoms with Gasteiger partial charge in [-0.25, -0.2) is 13.2 Å². The van der Waals surface area contributed by atoms with Crippen molar-refractivity contribution < 1.29 is 13.2 Å². The molecule has 0 aromatic heterocycles. The Morgan fingerprint density at radius 3 is 2.72 bits per heavy atom. The summed E-state index contributed by atoms with van der Waals surface area (Å²) in [5.74, 6) is 0.681. The fourth-order valence-electron chi connectivity index (χ4n) is 3.15. The van der Waals surface area contributed by atoms with Gasteiger partial charge in [-0.15, -0.1) is 0 Å². The van der Waals surface area contributed by atoms with E-state index in [0.717, 1.165) is 19.4 Å². The predicted octanol–water partition coefficient (Wildman–Crippen LogP) is 1.01. The second kappa shape index (κ2) is 5.47. The van der Waals surface area contributed by atoms with Gasteiger partial charge in [-0.05, 0) is 31.6 Å². The van der Waals surface area contributed by atoms with Crippen LogP contribution in [0.15, 0.2) is 0 Å². The summed E-state index contributed by atoms with van der Waals surface area (Å²) in [4.78, 5) is 14.0. The molecule has 0 bridgehead atoms. The number of carbonyl (C=O) groups excluding carboxylic acids is 1. The Labute approximate surface area is 109 Å². The number of fused-ring (bicyclic) bond motifs is 1. The zero-order valence-corrected chi connectivity index (χ0v) is 11.7. The molecule has 1 N–H and O–H groups in total. The van der Waals surface area contributed by atoms with E-state index in [-0.39, 0.29) is 18.3 Å². The Morgan fingerprint density at radius 2 is 2.00 bits per heavy atom. The average Bonchev–Trinajstić information content (AvgIpc) is 2.74. The number of urea groups is 1. The highest BCUT2D eigenvalue weighted by Crippen LogP contribution is 2.36. The maximum Gasteiger partial charge on any atom is 0.317 e. The minimum absolute atomic E-state index is 0.0146. The topological polar surface area (TPSA) is 66.5 Å². The van der Waals surface area contributed by atoms with E-state index in [2.05, 4.69) is 5.32 Å². The lowest BCUT2D eigenvalue weighted by Gasteiger charge is -2.37. The fourth-order valence-corrected chi connectivity index (χ4v) is 3.62. The number of carbonyl (C=O) groups is 1. The minimum atomic E-state index is -3.00. The first-order valence-electron chi connectivity index (χ1n) is 6.69. The van der Waals surface area contributed by atoms with Gasteiger partial charge < -0.3 is 10.2 Å². The Bertz CT molecular complexity index is 408. The lowest BCUT2D eigenvalue weighted by atomic mass is 9.92. The third kappa shape index (κ3) is 3.37. The van der Waals surface area contributed by atoms with Crippen LogP contribution in [0.3, 0.4) is 0 Å². The SMILES string of the molecule is CS(=O)(=O)CCNC(=O)N1CCC[C@H]2CCC[C@H]21. The van der Waals surface area contributed by atoms with Crippen LogP contribution in [-0.2, 0) is 9.84 Å². The van der Waals surface area contributed by atoms with Crippen molar-refractivity contribution in [2.75, 3.05) is 25.1 Å². The summed E-state index contributed by atoms with van der Waals surface area (Å²) in [6, 6.07) is 0.298. The molecule has 2 aliphatic rings. The van der Waals surface area contributed by atoms with Crippen LogP contribution in [0.5, 0.6) is 0 Å². The van der Waals surface area contributed by atoms with E-state index >= 15 is 0 Å². The molecule has 2 amide bonds. The summed E-state index contributed by atoms with van der Waals surface area (Å²) in [7, 11) is -3.00. The van der Waals surface area contributed by atoms with Crippen molar-refractivity contribution in [3.63, 3.8) is 0 Å². The molecule has 0 radical (unpaired) electrons. The van der Waals surface area contributed by atoms with E-state index < -0.39 is 9.84 Å². The first-order valence-corrected chi connectivity index (χ1v) is 8.75. The highest BCUT2D eigenvalue weighted by molar-refractivity contribution is 7.90. The molecule has 0 aromatic rings. The number of sulfone groups is 1. The summed E-state index contributed by atoms with van der Waals surface area (Å²) in [5.41, 5.74) is 0. The van der Waals surface area contributed by atoms with Gasteiger partial charge in [-0.1, -0.05) is 6.42 Å². The standard InChI is InChI=1S/C12H22N2O3S/c1-18(16,17)9-7-13-12(15)14-8-3-5-10-4-2-6-11(10)14/h10-11H,2-9H2,1H3,(H,13,15)/t10-,11-/m1/s1. The number of hydrogen-bond donors (Lipinski definition) is 1. The number of likely N-dealkylation sites (tertiary alicyclic amines) is 1. The summed E-state index contributed by atoms with van der Waals surface area (Å²) in [6.07, 6.45) is 7.04. The van der Waals surface area contributed by atoms with E-state index in [1.807, 2.05) is 4.90 Å². The molecular formula is C12H22N2O3S. The number of rotatable bonds is 3. The Balaban J connectivity index is 1.84. The first kappa shape index (κ1) is 13.6. The number of hydrogen-bond acceptors (Lipinski definition) is 3. The molecule has 2 rings (SSSR count). The van der Waals surface area contributed by atoms with Gasteiger partial charge in [0.15, 0.2) is 0 Å². The van der Waals surface area contributed by atoms with Crippen molar-refractivity contribution in [3.8, 4) is 0 Å². The normalized spacial score (nSPS) is 27.9. The lowest BCUT2D eigenvalue weighted by molar-refractivity contribution is 0.129. The molecule has 0 unspecified atom stereocenters. The highest BCUT2D eigenvalue weighted by atomic mass is 32.2. The second-order valence-electron chi connectivity index (χ2n) is 5.46. The Kier molecular flexibility index (Phi) is 4.14. The Hall–Kier alpha value is -0.780. The summed E-state index contributed by atoms with van der Waals surface area (Å²) >= 11 is 0. The summed E-state index contributed by atoms with van der Waals surface area (Å²) in [5, 5.41) is 2.73. The van der Waals surface area contributed by atoms with Gasteiger partial charge in [0.1, 0.15) is 9.84 Å². The molecule has 1 aliphatic carbocycles. The van der Waals surface area contributed by atoms with Gasteiger partial charge in [0, 0.05) is 25.4 Å². The fraction of sp³-hybridized carbons (Fsp3) is 0.917. The van der Waals surface area contributed by atoms with E-state index in [1.165, 1.54) is 25.5 Å². The molecule has 0 aromatic carbocycles. The zero-order valence-electron chi connectivity index (χ0n) is 10.9. The largest absolute Gasteiger partial charge is 0.337 e. The predicted molar refractivity (Wildman–Crippen MR) is 70.2 cm³/mol. The third-order valence-electron chi connectivity index (χ3n) is 4.00. The van der Waals surface area contributed by atoms with Crippen LogP contribution < -0.4 is 5.32 Å². The van der Waals surface area contributed by atoms with Crippen LogP contribution in [0.2, 0.25) is 0 Å². The van der Waals surface area contributed by atoms with Crippen LogP contribution in [0.25, 0.3) is 0 Å². The third-order valence-corrected chi connectivity index (χ3v) is 4.95. The molecule has 104 valence electrons. The van der Waals surface area contributed by atoms with Gasteiger partial charge in [0.2, 0.25) is 0 Å². The number of piperidine rings is 1. The van der Waals surface area contributed by atoms with Crippen LogP contribution in [-0.4, -0.2) is 50.5 Å². The summed E-state index contributed by atoms with van der Waals surface area (Å²) < 4.78 is 22.0. The smallest absolute Gasteiger partial charge is 0.317 e. The molecule has 6 heteroatoms. The van der Waals surface area contributed by atoms with Crippen molar-refractivity contribution in [2.24, 2.45) is 5.92 Å². The van der Waals surface area contributed by atoms with E-state index in [4.69, 9.17) is 0 Å². The maximum atomic E-state index is 12.0. The van der Waals surface area contributed by atoms with Crippen molar-refractivity contribution in [2.45, 2.75) is 38.1 Å². The molecule has 0 spiro atoms. The molecule has 5 nitrogen and oxygen atoms in total. The van der Waals surface area contributed by atoms with Crippen molar-refractivity contribution >= 4 is 15.9 Å². The number of nitrogens with zero attached hydrogens (tertiary/aromatic N) is 1. The monoisotopic (exact) mass is 274 g/mol. The second-order valence-corrected chi connectivity index (χ2v) is 7.72. The minimum Gasteiger partial charge on any atom is -0.337 e. The Morgan fingerprint density at radius 1 is 1.28 bits per heavy atom. The molecular weight excluding hydrogens is 252 g/mol. The number of nitrogens with one attached hydrogen (secondary N) is 1. The van der Waals surface area contributed by atoms with Gasteiger partial charge in [0.05, 0.1) is 5.75 Å². The van der Waals surface area contributed by atoms with Gasteiger partial charge in [0.25, 0.3) is 0 Å². The van der Waals surface area contributed by atoms with Crippen LogP contribution in [0.1, 0.15) is 32.1 Å². The molecule has 1 saturated heterocycles. The van der Waals surface area contributed by atoms with Crippen LogP contribution in [0.4, 0.5) is 4.79 Å². The highest BCUT2D eigenvalue weighted by Gasteiger charge is 2.37. The van der Waals surface area contributed by atoms with Gasteiger partial charge >= 0.3 is 6.03 Å². The molecule has 2 fully saturated rings. The molecule has 18 heavy (non-hydrogen) atoms. The van der Waals surface area contributed by atoms with E-state index in [9.17, 15) is 13.2 Å². The van der Waals surface area contributed by atoms with Gasteiger partial charge in [-0.3, -0.25) is 0 Å². The lowest BCUT2D eigenvalue weighted by Crippen LogP contribution is -2.51. The van der Waals surface area contributed by atoms with E-state index in [1.54, 1.807) is 0 Å². The van der Waals surface area contributed by atoms with Crippen LogP contribution >= 0.6 is 0 Å². The molecule has 1 aliphatic heterocycles. The average molecular weight is 274 g/mol. The maximum absolute atomic E-state index is 12.0. The first-order chi connectivity index (χ1) is 8.47. The van der Waals surface area contributed by atoms with Crippen molar-refractivity contribution in [3.05, 3.63) is 0 Å². The van der Waals surface area contributed by atoms with Crippen LogP contribution in [0, 0.1) is 5.92 Å². The van der Waals surface area contributed by atoms with Crippen molar-refractivity contribution in [1.29, 1.82) is 0 Å². The zero-order chi connectivity index (χ0) is 13.2. The molecule has 1 saturated carbocycles. The summed E-state index contributed by atoms with van der Waals surface area (Å²) in [6.45, 7) is 1.03. The molecule has 2 atom stereocenters. The van der Waals surface area contributed by atoms with Gasteiger partial charge in [-0.2, -0.15) is 0 Å². The molecule has 1 heterocycles. The van der Waals surface area contributed by atoms with E-state index in [0.29, 0.717) is 12.0 Å². The van der Waals surface area contributed by atoms with Crippen molar-refractivity contribution in [1.82, 2.24) is 10.2 Å². The number of amides is 2.